The molecule has 0 atom stereocenters. The van der Waals surface area contributed by atoms with Crippen molar-refractivity contribution in [3.05, 3.63) is 35.5 Å². The summed E-state index contributed by atoms with van der Waals surface area (Å²) in [4.78, 5) is 4.38. The molecule has 2 rings (SSSR count). The number of nitrogens with one attached hydrogen (secondary N) is 2. The van der Waals surface area contributed by atoms with E-state index in [9.17, 15) is 0 Å². The second kappa shape index (κ2) is 6.13. The molecular weight excluding hydrogens is 238 g/mol. The summed E-state index contributed by atoms with van der Waals surface area (Å²) in [5.41, 5.74) is 3.44. The number of anilines is 3. The lowest BCUT2D eigenvalue weighted by molar-refractivity contribution is 0.935. The number of hydrogen-bond acceptors (Lipinski definition) is 5. The van der Waals surface area contributed by atoms with Gasteiger partial charge < -0.3 is 10.6 Å². The topological polar surface area (TPSA) is 62.7 Å². The van der Waals surface area contributed by atoms with Gasteiger partial charge in [0.25, 0.3) is 0 Å². The summed E-state index contributed by atoms with van der Waals surface area (Å²) in [6.45, 7) is 7.14. The number of hydrogen-bond donors (Lipinski definition) is 2. The predicted octanol–water partition coefficient (Wildman–Crippen LogP) is 3.05. The third-order valence-corrected chi connectivity index (χ3v) is 2.97. The minimum atomic E-state index is 0.509. The maximum atomic E-state index is 4.38. The molecule has 0 aliphatic heterocycles. The SMILES string of the molecule is CCCNc1cnnc(Nc2cccc(C)c2C)n1. The molecule has 19 heavy (non-hydrogen) atoms. The molecule has 0 spiro atoms. The van der Waals surface area contributed by atoms with Crippen LogP contribution in [0.2, 0.25) is 0 Å². The highest BCUT2D eigenvalue weighted by Crippen LogP contribution is 2.20. The molecule has 0 unspecified atom stereocenters. The smallest absolute Gasteiger partial charge is 0.249 e. The maximum absolute atomic E-state index is 4.38. The molecule has 0 fully saturated rings. The van der Waals surface area contributed by atoms with E-state index in [0.717, 1.165) is 24.5 Å². The Hall–Kier alpha value is -2.17. The first kappa shape index (κ1) is 13.3. The van der Waals surface area contributed by atoms with Crippen molar-refractivity contribution in [3.8, 4) is 0 Å². The van der Waals surface area contributed by atoms with Gasteiger partial charge in [-0.05, 0) is 37.5 Å². The van der Waals surface area contributed by atoms with Gasteiger partial charge in [0.05, 0.1) is 6.20 Å². The van der Waals surface area contributed by atoms with Crippen molar-refractivity contribution in [3.63, 3.8) is 0 Å². The average molecular weight is 257 g/mol. The zero-order valence-electron chi connectivity index (χ0n) is 11.6. The molecule has 0 aliphatic rings. The van der Waals surface area contributed by atoms with E-state index in [2.05, 4.69) is 52.7 Å². The van der Waals surface area contributed by atoms with Crippen molar-refractivity contribution in [1.29, 1.82) is 0 Å². The van der Waals surface area contributed by atoms with Crippen LogP contribution in [0.25, 0.3) is 0 Å². The normalized spacial score (nSPS) is 10.3. The number of aromatic nitrogens is 3. The van der Waals surface area contributed by atoms with E-state index in [1.807, 2.05) is 12.1 Å². The lowest BCUT2D eigenvalue weighted by atomic mass is 10.1. The van der Waals surface area contributed by atoms with E-state index in [-0.39, 0.29) is 0 Å². The van der Waals surface area contributed by atoms with Crippen molar-refractivity contribution in [2.45, 2.75) is 27.2 Å². The molecule has 0 saturated heterocycles. The standard InChI is InChI=1S/C14H19N5/c1-4-8-15-13-9-16-19-14(18-13)17-12-7-5-6-10(2)11(12)3/h5-7,9H,4,8H2,1-3H3,(H2,15,17,18,19). The summed E-state index contributed by atoms with van der Waals surface area (Å²) in [5, 5.41) is 14.3. The van der Waals surface area contributed by atoms with Gasteiger partial charge in [0.1, 0.15) is 0 Å². The molecule has 0 saturated carbocycles. The summed E-state index contributed by atoms with van der Waals surface area (Å²) >= 11 is 0. The van der Waals surface area contributed by atoms with Gasteiger partial charge in [-0.15, -0.1) is 5.10 Å². The van der Waals surface area contributed by atoms with Crippen LogP contribution in [0.3, 0.4) is 0 Å². The van der Waals surface area contributed by atoms with Gasteiger partial charge in [-0.25, -0.2) is 0 Å². The first-order valence-electron chi connectivity index (χ1n) is 6.47. The molecular formula is C14H19N5. The van der Waals surface area contributed by atoms with Crippen molar-refractivity contribution in [2.24, 2.45) is 0 Å². The molecule has 1 aromatic carbocycles. The Morgan fingerprint density at radius 1 is 1.21 bits per heavy atom. The van der Waals surface area contributed by atoms with Gasteiger partial charge in [-0.3, -0.25) is 0 Å². The fourth-order valence-electron chi connectivity index (χ4n) is 1.70. The highest BCUT2D eigenvalue weighted by Gasteiger charge is 2.04. The predicted molar refractivity (Wildman–Crippen MR) is 77.8 cm³/mol. The van der Waals surface area contributed by atoms with E-state index in [1.165, 1.54) is 11.1 Å². The second-order valence-corrected chi connectivity index (χ2v) is 4.46. The Labute approximate surface area is 113 Å². The van der Waals surface area contributed by atoms with Gasteiger partial charge in [0.15, 0.2) is 5.82 Å². The fourth-order valence-corrected chi connectivity index (χ4v) is 1.70. The van der Waals surface area contributed by atoms with E-state index >= 15 is 0 Å². The molecule has 5 nitrogen and oxygen atoms in total. The van der Waals surface area contributed by atoms with E-state index in [0.29, 0.717) is 5.95 Å². The van der Waals surface area contributed by atoms with Gasteiger partial charge >= 0.3 is 0 Å². The third kappa shape index (κ3) is 3.40. The van der Waals surface area contributed by atoms with Crippen LogP contribution in [0.15, 0.2) is 24.4 Å². The van der Waals surface area contributed by atoms with Crippen molar-refractivity contribution >= 4 is 17.5 Å². The Morgan fingerprint density at radius 3 is 2.84 bits per heavy atom. The second-order valence-electron chi connectivity index (χ2n) is 4.46. The van der Waals surface area contributed by atoms with Crippen LogP contribution in [-0.4, -0.2) is 21.7 Å². The third-order valence-electron chi connectivity index (χ3n) is 2.97. The monoisotopic (exact) mass is 257 g/mol. The van der Waals surface area contributed by atoms with Crippen molar-refractivity contribution < 1.29 is 0 Å². The highest BCUT2D eigenvalue weighted by molar-refractivity contribution is 5.60. The minimum absolute atomic E-state index is 0.509. The van der Waals surface area contributed by atoms with Crippen LogP contribution < -0.4 is 10.6 Å². The van der Waals surface area contributed by atoms with Gasteiger partial charge in [0.2, 0.25) is 5.95 Å². The Bertz CT molecular complexity index is 553. The first-order chi connectivity index (χ1) is 9.20. The number of nitrogens with zero attached hydrogens (tertiary/aromatic N) is 3. The quantitative estimate of drug-likeness (QED) is 0.862. The van der Waals surface area contributed by atoms with Crippen LogP contribution in [0.1, 0.15) is 24.5 Å². The molecule has 1 aromatic heterocycles. The number of benzene rings is 1. The van der Waals surface area contributed by atoms with Crippen LogP contribution in [0, 0.1) is 13.8 Å². The first-order valence-corrected chi connectivity index (χ1v) is 6.47. The van der Waals surface area contributed by atoms with Crippen LogP contribution in [0.4, 0.5) is 17.5 Å². The molecule has 5 heteroatoms. The van der Waals surface area contributed by atoms with E-state index in [4.69, 9.17) is 0 Å². The molecule has 0 aliphatic carbocycles. The Morgan fingerprint density at radius 2 is 2.05 bits per heavy atom. The molecule has 100 valence electrons. The highest BCUT2D eigenvalue weighted by atomic mass is 15.3. The van der Waals surface area contributed by atoms with Crippen molar-refractivity contribution in [1.82, 2.24) is 15.2 Å². The van der Waals surface area contributed by atoms with Crippen LogP contribution in [-0.2, 0) is 0 Å². The summed E-state index contributed by atoms with van der Waals surface area (Å²) in [7, 11) is 0. The zero-order chi connectivity index (χ0) is 13.7. The Kier molecular flexibility index (Phi) is 4.28. The largest absolute Gasteiger partial charge is 0.369 e. The molecule has 2 N–H and O–H groups in total. The molecule has 1 heterocycles. The fraction of sp³-hybridized carbons (Fsp3) is 0.357. The Balaban J connectivity index is 2.16. The molecule has 0 amide bonds. The van der Waals surface area contributed by atoms with E-state index < -0.39 is 0 Å². The number of rotatable bonds is 5. The van der Waals surface area contributed by atoms with Crippen molar-refractivity contribution in [2.75, 3.05) is 17.2 Å². The summed E-state index contributed by atoms with van der Waals surface area (Å²) < 4.78 is 0. The lowest BCUT2D eigenvalue weighted by Gasteiger charge is -2.10. The summed E-state index contributed by atoms with van der Waals surface area (Å²) in [6, 6.07) is 6.11. The summed E-state index contributed by atoms with van der Waals surface area (Å²) in [5.74, 6) is 1.25. The molecule has 0 bridgehead atoms. The minimum Gasteiger partial charge on any atom is -0.369 e. The van der Waals surface area contributed by atoms with Gasteiger partial charge in [-0.1, -0.05) is 19.1 Å². The number of aryl methyl sites for hydroxylation is 1. The van der Waals surface area contributed by atoms with E-state index in [1.54, 1.807) is 6.20 Å². The van der Waals surface area contributed by atoms with Gasteiger partial charge in [0, 0.05) is 12.2 Å². The van der Waals surface area contributed by atoms with Crippen LogP contribution >= 0.6 is 0 Å². The van der Waals surface area contributed by atoms with Crippen LogP contribution in [0.5, 0.6) is 0 Å². The lowest BCUT2D eigenvalue weighted by Crippen LogP contribution is -2.06. The molecule has 0 radical (unpaired) electrons. The summed E-state index contributed by atoms with van der Waals surface area (Å²) in [6.07, 6.45) is 2.67. The molecule has 2 aromatic rings. The maximum Gasteiger partial charge on any atom is 0.249 e. The average Bonchev–Trinajstić information content (AvgIpc) is 2.42. The van der Waals surface area contributed by atoms with Gasteiger partial charge in [-0.2, -0.15) is 10.1 Å². The zero-order valence-corrected chi connectivity index (χ0v) is 11.6.